The van der Waals surface area contributed by atoms with Gasteiger partial charge in [-0.2, -0.15) is 0 Å². The molecule has 3 aromatic heterocycles. The fourth-order valence-electron chi connectivity index (χ4n) is 8.94. The molecule has 0 amide bonds. The maximum Gasteiger partial charge on any atom is 0.164 e. The summed E-state index contributed by atoms with van der Waals surface area (Å²) in [7, 11) is 0. The van der Waals surface area contributed by atoms with E-state index in [1.165, 1.54) is 58.7 Å². The zero-order valence-electron chi connectivity index (χ0n) is 31.4. The minimum Gasteiger partial charge on any atom is -0.310 e. The number of fused-ring (bicyclic) bond motifs is 8. The smallest absolute Gasteiger partial charge is 0.164 e. The predicted molar refractivity (Wildman–Crippen MR) is 242 cm³/mol. The van der Waals surface area contributed by atoms with Gasteiger partial charge in [0.2, 0.25) is 0 Å². The van der Waals surface area contributed by atoms with E-state index in [1.807, 2.05) is 18.2 Å². The molecule has 58 heavy (non-hydrogen) atoms. The van der Waals surface area contributed by atoms with Gasteiger partial charge in [-0.05, 0) is 81.9 Å². The van der Waals surface area contributed by atoms with Gasteiger partial charge in [0, 0.05) is 53.9 Å². The number of rotatable bonds is 5. The summed E-state index contributed by atoms with van der Waals surface area (Å²) < 4.78 is 4.94. The average molecular weight is 759 g/mol. The molecule has 7 aromatic carbocycles. The second kappa shape index (κ2) is 13.2. The van der Waals surface area contributed by atoms with Gasteiger partial charge in [0.15, 0.2) is 17.5 Å². The molecule has 0 bridgehead atoms. The van der Waals surface area contributed by atoms with E-state index in [1.54, 1.807) is 11.3 Å². The van der Waals surface area contributed by atoms with Crippen molar-refractivity contribution in [2.75, 3.05) is 0 Å². The first kappa shape index (κ1) is 33.0. The summed E-state index contributed by atoms with van der Waals surface area (Å²) in [5, 5.41) is 6.28. The molecule has 5 heteroatoms. The lowest BCUT2D eigenvalue weighted by molar-refractivity contribution is 0.758. The van der Waals surface area contributed by atoms with Crippen LogP contribution in [0.3, 0.4) is 0 Å². The third kappa shape index (κ3) is 5.39. The molecule has 2 aliphatic rings. The molecule has 1 unspecified atom stereocenters. The molecule has 272 valence electrons. The third-order valence-electron chi connectivity index (χ3n) is 11.8. The van der Waals surface area contributed by atoms with E-state index >= 15 is 0 Å². The fraction of sp³-hybridized carbons (Fsp3) is 0.0377. The Morgan fingerprint density at radius 2 is 1.19 bits per heavy atom. The molecule has 0 saturated heterocycles. The maximum atomic E-state index is 5.15. The van der Waals surface area contributed by atoms with Gasteiger partial charge >= 0.3 is 0 Å². The summed E-state index contributed by atoms with van der Waals surface area (Å²) in [6, 6.07) is 56.3. The molecule has 0 saturated carbocycles. The molecule has 12 rings (SSSR count). The molecule has 2 aliphatic carbocycles. The Morgan fingerprint density at radius 3 is 2.00 bits per heavy atom. The number of aromatic nitrogens is 4. The van der Waals surface area contributed by atoms with Gasteiger partial charge in [-0.15, -0.1) is 11.3 Å². The molecule has 0 fully saturated rings. The Morgan fingerprint density at radius 1 is 0.534 bits per heavy atom. The van der Waals surface area contributed by atoms with Crippen molar-refractivity contribution in [2.45, 2.75) is 6.42 Å². The molecule has 3 heterocycles. The van der Waals surface area contributed by atoms with E-state index in [0.29, 0.717) is 23.4 Å². The van der Waals surface area contributed by atoms with Crippen LogP contribution in [0.25, 0.3) is 98.9 Å². The van der Waals surface area contributed by atoms with Crippen LogP contribution in [0.4, 0.5) is 0 Å². The topological polar surface area (TPSA) is 43.6 Å². The second-order valence-corrected chi connectivity index (χ2v) is 16.3. The monoisotopic (exact) mass is 758 g/mol. The highest BCUT2D eigenvalue weighted by Crippen LogP contribution is 2.42. The second-order valence-electron chi connectivity index (χ2n) is 15.2. The Labute approximate surface area is 339 Å². The number of nitrogens with zero attached hydrogens (tertiary/aromatic N) is 4. The van der Waals surface area contributed by atoms with Crippen LogP contribution in [0.15, 0.2) is 188 Å². The average Bonchev–Trinajstić information content (AvgIpc) is 3.82. The van der Waals surface area contributed by atoms with Crippen molar-refractivity contribution in [3.63, 3.8) is 0 Å². The van der Waals surface area contributed by atoms with Gasteiger partial charge in [0.25, 0.3) is 0 Å². The number of benzene rings is 7. The van der Waals surface area contributed by atoms with E-state index < -0.39 is 0 Å². The highest BCUT2D eigenvalue weighted by atomic mass is 32.1. The number of allylic oxidation sites excluding steroid dienone is 5. The fourth-order valence-corrected chi connectivity index (χ4v) is 10.1. The quantitative estimate of drug-likeness (QED) is 0.176. The molecular weight excluding hydrogens is 725 g/mol. The minimum absolute atomic E-state index is 0.415. The van der Waals surface area contributed by atoms with Crippen LogP contribution in [0.2, 0.25) is 0 Å². The standard InChI is InChI=1S/C53H34N4S/c1-2-11-35(12-3-1)51-54-52(56-53(55-51)43-18-10-20-49-50(43)42-17-8-9-19-48(42)58-49)36-23-21-33(22-24-36)34-25-27-41(28-26-34)57-46-31-39-15-6-4-13-37(39)29-44(46)45-30-38-14-5-7-16-40(38)32-47(45)57/h1-29,31-32,38H,30H2. The van der Waals surface area contributed by atoms with Crippen molar-refractivity contribution in [2.24, 2.45) is 5.92 Å². The largest absolute Gasteiger partial charge is 0.310 e. The molecule has 0 N–H and O–H groups in total. The molecule has 1 atom stereocenters. The van der Waals surface area contributed by atoms with E-state index in [2.05, 4.69) is 174 Å². The van der Waals surface area contributed by atoms with Gasteiger partial charge in [-0.3, -0.25) is 0 Å². The van der Waals surface area contributed by atoms with Crippen LogP contribution in [-0.4, -0.2) is 19.5 Å². The van der Waals surface area contributed by atoms with Crippen LogP contribution in [0.1, 0.15) is 11.3 Å². The number of hydrogen-bond acceptors (Lipinski definition) is 4. The van der Waals surface area contributed by atoms with Crippen LogP contribution in [-0.2, 0) is 6.42 Å². The first-order valence-corrected chi connectivity index (χ1v) is 20.6. The Bertz CT molecular complexity index is 3350. The molecule has 0 radical (unpaired) electrons. The highest BCUT2D eigenvalue weighted by Gasteiger charge is 2.26. The van der Waals surface area contributed by atoms with E-state index in [9.17, 15) is 0 Å². The first-order valence-electron chi connectivity index (χ1n) is 19.8. The third-order valence-corrected chi connectivity index (χ3v) is 12.9. The Kier molecular flexibility index (Phi) is 7.50. The molecule has 0 aliphatic heterocycles. The summed E-state index contributed by atoms with van der Waals surface area (Å²) in [5.74, 6) is 2.40. The highest BCUT2D eigenvalue weighted by molar-refractivity contribution is 7.25. The normalized spacial score (nSPS) is 14.6. The molecule has 0 spiro atoms. The summed E-state index contributed by atoms with van der Waals surface area (Å²) >= 11 is 1.80. The van der Waals surface area contributed by atoms with Crippen molar-refractivity contribution >= 4 is 59.3 Å². The van der Waals surface area contributed by atoms with Gasteiger partial charge in [0.1, 0.15) is 0 Å². The Hall–Kier alpha value is -7.21. The summed E-state index contributed by atoms with van der Waals surface area (Å²) in [5.41, 5.74) is 11.7. The lowest BCUT2D eigenvalue weighted by Crippen LogP contribution is -2.12. The number of hydrogen-bond donors (Lipinski definition) is 0. The van der Waals surface area contributed by atoms with Crippen molar-refractivity contribution in [1.29, 1.82) is 0 Å². The molecule has 4 nitrogen and oxygen atoms in total. The molecule has 10 aromatic rings. The van der Waals surface area contributed by atoms with Crippen LogP contribution < -0.4 is 0 Å². The SMILES string of the molecule is C1=CC2=Cc3c(c4cc5ccccc5cc4n3-c3ccc(-c4ccc(-c5nc(-c6ccccc6)nc(-c6cccc7sc8ccccc8c67)n5)cc4)cc3)CC2C=C1. The van der Waals surface area contributed by atoms with Gasteiger partial charge < -0.3 is 4.57 Å². The minimum atomic E-state index is 0.415. The summed E-state index contributed by atoms with van der Waals surface area (Å²) in [6.07, 6.45) is 12.4. The van der Waals surface area contributed by atoms with E-state index in [0.717, 1.165) is 39.9 Å². The van der Waals surface area contributed by atoms with Crippen molar-refractivity contribution in [1.82, 2.24) is 19.5 Å². The van der Waals surface area contributed by atoms with Crippen LogP contribution in [0.5, 0.6) is 0 Å². The lowest BCUT2D eigenvalue weighted by Gasteiger charge is -2.23. The first-order chi connectivity index (χ1) is 28.7. The van der Waals surface area contributed by atoms with Crippen LogP contribution in [0, 0.1) is 5.92 Å². The van der Waals surface area contributed by atoms with Crippen molar-refractivity contribution in [3.8, 4) is 51.0 Å². The lowest BCUT2D eigenvalue weighted by atomic mass is 9.83. The predicted octanol–water partition coefficient (Wildman–Crippen LogP) is 13.7. The van der Waals surface area contributed by atoms with Gasteiger partial charge in [-0.1, -0.05) is 146 Å². The van der Waals surface area contributed by atoms with Gasteiger partial charge in [0.05, 0.1) is 11.2 Å². The molecular formula is C53H34N4S. The summed E-state index contributed by atoms with van der Waals surface area (Å²) in [6.45, 7) is 0. The zero-order valence-corrected chi connectivity index (χ0v) is 32.2. The Balaban J connectivity index is 0.930. The van der Waals surface area contributed by atoms with Gasteiger partial charge in [-0.25, -0.2) is 15.0 Å². The van der Waals surface area contributed by atoms with Crippen LogP contribution >= 0.6 is 11.3 Å². The van der Waals surface area contributed by atoms with E-state index in [-0.39, 0.29) is 0 Å². The summed E-state index contributed by atoms with van der Waals surface area (Å²) in [4.78, 5) is 15.3. The number of thiophene rings is 1. The zero-order chi connectivity index (χ0) is 38.2. The van der Waals surface area contributed by atoms with E-state index in [4.69, 9.17) is 15.0 Å². The maximum absolute atomic E-state index is 5.15. The van der Waals surface area contributed by atoms with Crippen molar-refractivity contribution in [3.05, 3.63) is 199 Å². The van der Waals surface area contributed by atoms with Crippen molar-refractivity contribution < 1.29 is 0 Å².